The average Bonchev–Trinajstić information content (AvgIpc) is 2.13. The lowest BCUT2D eigenvalue weighted by atomic mass is 10.1. The van der Waals surface area contributed by atoms with E-state index in [-0.39, 0.29) is 6.15 Å². The standard InChI is InChI=1S/C9H9F3O3S.H3N/c1-7-3-2-4-8(5-7)6-15-16(13,14)9(10,11)12;/h2-5H,6H2,1H3;1H3. The SMILES string of the molecule is Cc1cccc(COS(=O)(=O)C(F)(F)F)c1.N. The van der Waals surface area contributed by atoms with E-state index in [4.69, 9.17) is 0 Å². The zero-order valence-electron chi connectivity index (χ0n) is 8.99. The molecule has 4 nitrogen and oxygen atoms in total. The molecule has 0 heterocycles. The lowest BCUT2D eigenvalue weighted by Gasteiger charge is -2.08. The minimum Gasteiger partial charge on any atom is -0.344 e. The van der Waals surface area contributed by atoms with Crippen molar-refractivity contribution >= 4 is 10.1 Å². The van der Waals surface area contributed by atoms with Crippen LogP contribution in [0.2, 0.25) is 0 Å². The third-order valence-corrected chi connectivity index (χ3v) is 2.74. The number of rotatable bonds is 3. The van der Waals surface area contributed by atoms with Crippen molar-refractivity contribution in [1.29, 1.82) is 0 Å². The van der Waals surface area contributed by atoms with E-state index in [0.29, 0.717) is 5.56 Å². The summed E-state index contributed by atoms with van der Waals surface area (Å²) in [5.74, 6) is 0. The number of halogens is 3. The summed E-state index contributed by atoms with van der Waals surface area (Å²) in [6, 6.07) is 6.38. The Morgan fingerprint density at radius 1 is 1.29 bits per heavy atom. The van der Waals surface area contributed by atoms with Crippen LogP contribution in [0.15, 0.2) is 24.3 Å². The molecule has 0 radical (unpaired) electrons. The highest BCUT2D eigenvalue weighted by Crippen LogP contribution is 2.25. The molecule has 1 aromatic rings. The van der Waals surface area contributed by atoms with Crippen LogP contribution in [0.3, 0.4) is 0 Å². The minimum absolute atomic E-state index is 0. The van der Waals surface area contributed by atoms with E-state index < -0.39 is 22.2 Å². The Balaban J connectivity index is 0.00000256. The van der Waals surface area contributed by atoms with E-state index >= 15 is 0 Å². The Bertz CT molecular complexity index is 471. The monoisotopic (exact) mass is 271 g/mol. The molecule has 0 spiro atoms. The predicted octanol–water partition coefficient (Wildman–Crippen LogP) is 2.52. The zero-order chi connectivity index (χ0) is 12.4. The summed E-state index contributed by atoms with van der Waals surface area (Å²) < 4.78 is 60.7. The molecule has 0 fully saturated rings. The Morgan fingerprint density at radius 2 is 1.88 bits per heavy atom. The maximum atomic E-state index is 11.9. The molecule has 0 aliphatic carbocycles. The summed E-state index contributed by atoms with van der Waals surface area (Å²) in [7, 11) is -5.51. The van der Waals surface area contributed by atoms with E-state index in [1.807, 2.05) is 0 Å². The Labute approximate surface area is 97.1 Å². The summed E-state index contributed by atoms with van der Waals surface area (Å²) in [6.45, 7) is 1.12. The van der Waals surface area contributed by atoms with Gasteiger partial charge in [0.25, 0.3) is 0 Å². The summed E-state index contributed by atoms with van der Waals surface area (Å²) >= 11 is 0. The lowest BCUT2D eigenvalue weighted by molar-refractivity contribution is -0.0547. The number of aryl methyl sites for hydroxylation is 1. The molecule has 1 aromatic carbocycles. The van der Waals surface area contributed by atoms with Crippen LogP contribution in [-0.4, -0.2) is 13.9 Å². The van der Waals surface area contributed by atoms with Gasteiger partial charge < -0.3 is 6.15 Å². The van der Waals surface area contributed by atoms with Crippen molar-refractivity contribution < 1.29 is 25.8 Å². The van der Waals surface area contributed by atoms with Crippen LogP contribution in [0.5, 0.6) is 0 Å². The molecular weight excluding hydrogens is 259 g/mol. The van der Waals surface area contributed by atoms with Crippen molar-refractivity contribution in [2.24, 2.45) is 0 Å². The van der Waals surface area contributed by atoms with Crippen LogP contribution in [-0.2, 0) is 20.9 Å². The van der Waals surface area contributed by atoms with Crippen molar-refractivity contribution in [2.75, 3.05) is 0 Å². The second-order valence-corrected chi connectivity index (χ2v) is 4.76. The first-order valence-electron chi connectivity index (χ1n) is 4.23. The Kier molecular flexibility index (Phi) is 5.12. The molecule has 3 N–H and O–H groups in total. The van der Waals surface area contributed by atoms with E-state index in [0.717, 1.165) is 5.56 Å². The normalized spacial score (nSPS) is 12.0. The fourth-order valence-corrected chi connectivity index (χ4v) is 1.44. The molecular formula is C9H12F3NO3S. The van der Waals surface area contributed by atoms with Gasteiger partial charge in [0.15, 0.2) is 0 Å². The first kappa shape index (κ1) is 15.9. The molecule has 0 aliphatic heterocycles. The molecule has 0 aromatic heterocycles. The predicted molar refractivity (Wildman–Crippen MR) is 56.0 cm³/mol. The van der Waals surface area contributed by atoms with Crippen molar-refractivity contribution in [2.45, 2.75) is 19.0 Å². The van der Waals surface area contributed by atoms with Crippen LogP contribution < -0.4 is 6.15 Å². The Hall–Kier alpha value is -1.12. The highest BCUT2D eigenvalue weighted by atomic mass is 32.2. The van der Waals surface area contributed by atoms with Gasteiger partial charge in [0.1, 0.15) is 0 Å². The maximum Gasteiger partial charge on any atom is 0.523 e. The fourth-order valence-electron chi connectivity index (χ4n) is 1.01. The first-order chi connectivity index (χ1) is 7.22. The van der Waals surface area contributed by atoms with Gasteiger partial charge >= 0.3 is 15.6 Å². The first-order valence-corrected chi connectivity index (χ1v) is 5.64. The summed E-state index contributed by atoms with van der Waals surface area (Å²) in [6.07, 6.45) is 0. The summed E-state index contributed by atoms with van der Waals surface area (Å²) in [5, 5.41) is 0. The number of hydrogen-bond acceptors (Lipinski definition) is 4. The molecule has 1 rings (SSSR count). The second kappa shape index (κ2) is 5.48. The highest BCUT2D eigenvalue weighted by Gasteiger charge is 2.47. The van der Waals surface area contributed by atoms with Gasteiger partial charge in [-0.3, -0.25) is 4.18 Å². The molecule has 0 unspecified atom stereocenters. The van der Waals surface area contributed by atoms with Gasteiger partial charge in [-0.05, 0) is 12.5 Å². The quantitative estimate of drug-likeness (QED) is 0.676. The topological polar surface area (TPSA) is 78.4 Å². The summed E-state index contributed by atoms with van der Waals surface area (Å²) in [4.78, 5) is 0. The van der Waals surface area contributed by atoms with Gasteiger partial charge in [-0.2, -0.15) is 21.6 Å². The average molecular weight is 271 g/mol. The molecule has 8 heteroatoms. The number of hydrogen-bond donors (Lipinski definition) is 1. The maximum absolute atomic E-state index is 11.9. The minimum atomic E-state index is -5.51. The van der Waals surface area contributed by atoms with Crippen molar-refractivity contribution in [3.63, 3.8) is 0 Å². The van der Waals surface area contributed by atoms with Crippen molar-refractivity contribution in [3.05, 3.63) is 35.4 Å². The second-order valence-electron chi connectivity index (χ2n) is 3.15. The van der Waals surface area contributed by atoms with Crippen molar-refractivity contribution in [3.8, 4) is 0 Å². The number of alkyl halides is 3. The molecule has 0 aliphatic rings. The van der Waals surface area contributed by atoms with Crippen LogP contribution in [0.25, 0.3) is 0 Å². The van der Waals surface area contributed by atoms with Gasteiger partial charge in [0, 0.05) is 0 Å². The zero-order valence-corrected chi connectivity index (χ0v) is 9.81. The third-order valence-electron chi connectivity index (χ3n) is 1.75. The van der Waals surface area contributed by atoms with Gasteiger partial charge in [-0.25, -0.2) is 0 Å². The van der Waals surface area contributed by atoms with E-state index in [2.05, 4.69) is 4.18 Å². The smallest absolute Gasteiger partial charge is 0.344 e. The van der Waals surface area contributed by atoms with E-state index in [9.17, 15) is 21.6 Å². The van der Waals surface area contributed by atoms with Gasteiger partial charge in [-0.1, -0.05) is 29.8 Å². The highest BCUT2D eigenvalue weighted by molar-refractivity contribution is 7.87. The van der Waals surface area contributed by atoms with E-state index in [1.54, 1.807) is 25.1 Å². The molecule has 98 valence electrons. The van der Waals surface area contributed by atoms with Crippen molar-refractivity contribution in [1.82, 2.24) is 6.15 Å². The molecule has 17 heavy (non-hydrogen) atoms. The van der Waals surface area contributed by atoms with Crippen LogP contribution in [0, 0.1) is 6.92 Å². The van der Waals surface area contributed by atoms with Crippen LogP contribution in [0.4, 0.5) is 13.2 Å². The van der Waals surface area contributed by atoms with E-state index in [1.165, 1.54) is 6.07 Å². The summed E-state index contributed by atoms with van der Waals surface area (Å²) in [5.41, 5.74) is -4.20. The molecule has 0 atom stereocenters. The third kappa shape index (κ3) is 4.33. The van der Waals surface area contributed by atoms with Crippen LogP contribution >= 0.6 is 0 Å². The van der Waals surface area contributed by atoms with Gasteiger partial charge in [0.2, 0.25) is 0 Å². The van der Waals surface area contributed by atoms with Gasteiger partial charge in [0.05, 0.1) is 6.61 Å². The van der Waals surface area contributed by atoms with Gasteiger partial charge in [-0.15, -0.1) is 0 Å². The molecule has 0 saturated carbocycles. The molecule has 0 amide bonds. The fraction of sp³-hybridized carbons (Fsp3) is 0.333. The molecule has 0 saturated heterocycles. The Morgan fingerprint density at radius 3 is 2.35 bits per heavy atom. The van der Waals surface area contributed by atoms with Crippen LogP contribution in [0.1, 0.15) is 11.1 Å². The lowest BCUT2D eigenvalue weighted by Crippen LogP contribution is -2.25. The molecule has 0 bridgehead atoms. The number of benzene rings is 1. The largest absolute Gasteiger partial charge is 0.523 e.